The van der Waals surface area contributed by atoms with Crippen molar-refractivity contribution >= 4 is 0 Å². The van der Waals surface area contributed by atoms with E-state index in [0.717, 1.165) is 24.1 Å². The van der Waals surface area contributed by atoms with Crippen LogP contribution in [0.3, 0.4) is 0 Å². The lowest BCUT2D eigenvalue weighted by molar-refractivity contribution is 0.191. The molecule has 1 rings (SSSR count). The molecule has 1 unspecified atom stereocenters. The number of aryl methyl sites for hydroxylation is 1. The number of aliphatic hydroxyl groups is 1. The maximum atomic E-state index is 12.8. The first-order valence-electron chi connectivity index (χ1n) is 5.23. The fourth-order valence-electron chi connectivity index (χ4n) is 1.47. The maximum Gasteiger partial charge on any atom is 0.123 e. The summed E-state index contributed by atoms with van der Waals surface area (Å²) in [5, 5.41) is 12.2. The number of halogens is 1. The Balaban J connectivity index is 2.37. The van der Waals surface area contributed by atoms with Gasteiger partial charge in [-0.25, -0.2) is 4.39 Å². The van der Waals surface area contributed by atoms with Crippen molar-refractivity contribution in [2.45, 2.75) is 26.4 Å². The fraction of sp³-hybridized carbons (Fsp3) is 0.500. The van der Waals surface area contributed by atoms with E-state index in [2.05, 4.69) is 5.32 Å². The Morgan fingerprint density at radius 1 is 1.47 bits per heavy atom. The van der Waals surface area contributed by atoms with Crippen LogP contribution in [-0.2, 0) is 6.42 Å². The van der Waals surface area contributed by atoms with Gasteiger partial charge in [0.15, 0.2) is 0 Å². The van der Waals surface area contributed by atoms with Gasteiger partial charge in [-0.1, -0.05) is 6.07 Å². The van der Waals surface area contributed by atoms with E-state index in [1.807, 2.05) is 13.0 Å². The minimum atomic E-state index is -0.320. The molecular weight excluding hydrogens is 193 g/mol. The van der Waals surface area contributed by atoms with Crippen LogP contribution in [0.1, 0.15) is 18.1 Å². The van der Waals surface area contributed by atoms with E-state index in [-0.39, 0.29) is 11.9 Å². The Labute approximate surface area is 90.1 Å². The first kappa shape index (κ1) is 12.1. The zero-order valence-electron chi connectivity index (χ0n) is 9.26. The second kappa shape index (κ2) is 5.83. The molecule has 0 bridgehead atoms. The van der Waals surface area contributed by atoms with E-state index >= 15 is 0 Å². The molecule has 0 aliphatic heterocycles. The second-order valence-electron chi connectivity index (χ2n) is 3.87. The van der Waals surface area contributed by atoms with E-state index in [0.29, 0.717) is 6.54 Å². The van der Waals surface area contributed by atoms with Crippen LogP contribution in [0.2, 0.25) is 0 Å². The molecule has 1 atom stereocenters. The van der Waals surface area contributed by atoms with Crippen LogP contribution in [0.5, 0.6) is 0 Å². The van der Waals surface area contributed by atoms with Gasteiger partial charge in [-0.2, -0.15) is 0 Å². The lowest BCUT2D eigenvalue weighted by Crippen LogP contribution is -2.26. The summed E-state index contributed by atoms with van der Waals surface area (Å²) in [6, 6.07) is 4.84. The monoisotopic (exact) mass is 211 g/mol. The Hall–Kier alpha value is -0.930. The maximum absolute atomic E-state index is 12.8. The molecule has 0 aliphatic carbocycles. The largest absolute Gasteiger partial charge is 0.392 e. The minimum absolute atomic E-state index is 0.187. The Kier molecular flexibility index (Phi) is 4.72. The molecular formula is C12H18FNO. The van der Waals surface area contributed by atoms with Gasteiger partial charge in [-0.3, -0.25) is 0 Å². The summed E-state index contributed by atoms with van der Waals surface area (Å²) in [6.07, 6.45) is 0.540. The standard InChI is InChI=1S/C12H18FNO/c1-9-7-12(13)4-3-11(9)5-6-14-8-10(2)15/h3-4,7,10,14-15H,5-6,8H2,1-2H3. The van der Waals surface area contributed by atoms with Crippen LogP contribution in [0.4, 0.5) is 4.39 Å². The second-order valence-corrected chi connectivity index (χ2v) is 3.87. The van der Waals surface area contributed by atoms with Crippen molar-refractivity contribution in [2.24, 2.45) is 0 Å². The third-order valence-electron chi connectivity index (χ3n) is 2.32. The van der Waals surface area contributed by atoms with Crippen molar-refractivity contribution in [1.29, 1.82) is 0 Å². The normalized spacial score (nSPS) is 12.8. The molecule has 0 aromatic heterocycles. The molecule has 0 spiro atoms. The lowest BCUT2D eigenvalue weighted by atomic mass is 10.1. The Morgan fingerprint density at radius 3 is 2.80 bits per heavy atom. The summed E-state index contributed by atoms with van der Waals surface area (Å²) in [6.45, 7) is 5.06. The first-order valence-corrected chi connectivity index (χ1v) is 5.23. The zero-order valence-corrected chi connectivity index (χ0v) is 9.26. The molecule has 1 aromatic rings. The van der Waals surface area contributed by atoms with E-state index < -0.39 is 0 Å². The Morgan fingerprint density at radius 2 is 2.20 bits per heavy atom. The molecule has 84 valence electrons. The first-order chi connectivity index (χ1) is 7.09. The van der Waals surface area contributed by atoms with Gasteiger partial charge in [0, 0.05) is 6.54 Å². The Bertz CT molecular complexity index is 312. The van der Waals surface area contributed by atoms with Crippen LogP contribution in [0.25, 0.3) is 0 Å². The highest BCUT2D eigenvalue weighted by Gasteiger charge is 2.00. The highest BCUT2D eigenvalue weighted by molar-refractivity contribution is 5.26. The minimum Gasteiger partial charge on any atom is -0.392 e. The summed E-state index contributed by atoms with van der Waals surface area (Å²) < 4.78 is 12.8. The molecule has 0 saturated heterocycles. The number of hydrogen-bond acceptors (Lipinski definition) is 2. The molecule has 1 aromatic carbocycles. The van der Waals surface area contributed by atoms with Crippen LogP contribution in [0.15, 0.2) is 18.2 Å². The van der Waals surface area contributed by atoms with Crippen molar-refractivity contribution in [1.82, 2.24) is 5.32 Å². The molecule has 2 nitrogen and oxygen atoms in total. The molecule has 3 heteroatoms. The number of benzene rings is 1. The van der Waals surface area contributed by atoms with Gasteiger partial charge in [-0.05, 0) is 50.1 Å². The van der Waals surface area contributed by atoms with Crippen LogP contribution in [0, 0.1) is 12.7 Å². The van der Waals surface area contributed by atoms with Gasteiger partial charge in [0.2, 0.25) is 0 Å². The third-order valence-corrected chi connectivity index (χ3v) is 2.32. The average molecular weight is 211 g/mol. The van der Waals surface area contributed by atoms with E-state index in [1.54, 1.807) is 13.0 Å². The average Bonchev–Trinajstić information content (AvgIpc) is 2.14. The summed E-state index contributed by atoms with van der Waals surface area (Å²) in [7, 11) is 0. The van der Waals surface area contributed by atoms with Gasteiger partial charge in [0.05, 0.1) is 6.10 Å². The highest BCUT2D eigenvalue weighted by atomic mass is 19.1. The van der Waals surface area contributed by atoms with E-state index in [1.165, 1.54) is 6.07 Å². The number of hydrogen-bond donors (Lipinski definition) is 2. The van der Waals surface area contributed by atoms with Crippen molar-refractivity contribution in [3.8, 4) is 0 Å². The van der Waals surface area contributed by atoms with E-state index in [4.69, 9.17) is 5.11 Å². The van der Waals surface area contributed by atoms with Gasteiger partial charge < -0.3 is 10.4 Å². The van der Waals surface area contributed by atoms with Gasteiger partial charge >= 0.3 is 0 Å². The molecule has 0 fully saturated rings. The number of nitrogens with one attached hydrogen (secondary N) is 1. The highest BCUT2D eigenvalue weighted by Crippen LogP contribution is 2.10. The number of aliphatic hydroxyl groups excluding tert-OH is 1. The topological polar surface area (TPSA) is 32.3 Å². The summed E-state index contributed by atoms with van der Waals surface area (Å²) >= 11 is 0. The quantitative estimate of drug-likeness (QED) is 0.726. The third kappa shape index (κ3) is 4.40. The molecule has 0 heterocycles. The van der Waals surface area contributed by atoms with Crippen molar-refractivity contribution < 1.29 is 9.50 Å². The lowest BCUT2D eigenvalue weighted by Gasteiger charge is -2.08. The van der Waals surface area contributed by atoms with Gasteiger partial charge in [-0.15, -0.1) is 0 Å². The van der Waals surface area contributed by atoms with Crippen LogP contribution >= 0.6 is 0 Å². The fourth-order valence-corrected chi connectivity index (χ4v) is 1.47. The summed E-state index contributed by atoms with van der Waals surface area (Å²) in [5.41, 5.74) is 2.13. The number of rotatable bonds is 5. The van der Waals surface area contributed by atoms with Crippen molar-refractivity contribution in [3.63, 3.8) is 0 Å². The van der Waals surface area contributed by atoms with Crippen LogP contribution < -0.4 is 5.32 Å². The van der Waals surface area contributed by atoms with E-state index in [9.17, 15) is 4.39 Å². The zero-order chi connectivity index (χ0) is 11.3. The predicted octanol–water partition coefficient (Wildman–Crippen LogP) is 1.65. The molecule has 0 aliphatic rings. The molecule has 2 N–H and O–H groups in total. The molecule has 0 radical (unpaired) electrons. The van der Waals surface area contributed by atoms with Crippen molar-refractivity contribution in [2.75, 3.05) is 13.1 Å². The summed E-state index contributed by atoms with van der Waals surface area (Å²) in [5.74, 6) is -0.187. The molecule has 0 saturated carbocycles. The van der Waals surface area contributed by atoms with Crippen LogP contribution in [-0.4, -0.2) is 24.3 Å². The molecule has 0 amide bonds. The SMILES string of the molecule is Cc1cc(F)ccc1CCNCC(C)O. The van der Waals surface area contributed by atoms with Gasteiger partial charge in [0.1, 0.15) is 5.82 Å². The molecule has 15 heavy (non-hydrogen) atoms. The smallest absolute Gasteiger partial charge is 0.123 e. The van der Waals surface area contributed by atoms with Gasteiger partial charge in [0.25, 0.3) is 0 Å². The van der Waals surface area contributed by atoms with Crippen molar-refractivity contribution in [3.05, 3.63) is 35.1 Å². The summed E-state index contributed by atoms with van der Waals surface area (Å²) in [4.78, 5) is 0. The predicted molar refractivity (Wildman–Crippen MR) is 59.4 cm³/mol.